The van der Waals surface area contributed by atoms with Crippen molar-refractivity contribution >= 4 is 70.0 Å². The van der Waals surface area contributed by atoms with Crippen LogP contribution in [0.3, 0.4) is 0 Å². The van der Waals surface area contributed by atoms with E-state index in [0.717, 1.165) is 0 Å². The molecule has 0 spiro atoms. The zero-order chi connectivity index (χ0) is 23.3. The van der Waals surface area contributed by atoms with Gasteiger partial charge in [-0.1, -0.05) is 58.5 Å². The molecule has 3 rings (SSSR count). The van der Waals surface area contributed by atoms with Crippen LogP contribution in [0.5, 0.6) is 5.75 Å². The number of anilines is 1. The van der Waals surface area contributed by atoms with Crippen LogP contribution >= 0.6 is 46.4 Å². The molecule has 9 heteroatoms. The molecule has 0 aliphatic carbocycles. The molecule has 0 radical (unpaired) electrons. The maximum Gasteiger partial charge on any atom is 0.345 e. The number of carbonyl (C=O) groups excluding carboxylic acids is 2. The molecule has 0 saturated heterocycles. The lowest BCUT2D eigenvalue weighted by atomic mass is 10.1. The maximum absolute atomic E-state index is 12.4. The Morgan fingerprint density at radius 3 is 2.22 bits per heavy atom. The lowest BCUT2D eigenvalue weighted by Crippen LogP contribution is -2.13. The number of esters is 1. The first-order chi connectivity index (χ1) is 15.3. The maximum atomic E-state index is 12.4. The zero-order valence-corrected chi connectivity index (χ0v) is 19.1. The number of hydrogen-bond donors (Lipinski definition) is 1. The van der Waals surface area contributed by atoms with Crippen LogP contribution in [-0.4, -0.2) is 11.9 Å². The largest absolute Gasteiger partial charge is 0.423 e. The van der Waals surface area contributed by atoms with Gasteiger partial charge in [-0.3, -0.25) is 4.79 Å². The molecule has 0 aliphatic rings. The van der Waals surface area contributed by atoms with Crippen molar-refractivity contribution in [3.05, 3.63) is 97.5 Å². The highest BCUT2D eigenvalue weighted by Crippen LogP contribution is 2.26. The summed E-state index contributed by atoms with van der Waals surface area (Å²) in [5.41, 5.74) is 0.989. The quantitative estimate of drug-likeness (QED) is 0.174. The summed E-state index contributed by atoms with van der Waals surface area (Å²) in [6.07, 6.45) is 1.40. The molecule has 0 saturated carbocycles. The summed E-state index contributed by atoms with van der Waals surface area (Å²) in [5, 5.41) is 13.1. The van der Waals surface area contributed by atoms with Gasteiger partial charge >= 0.3 is 5.97 Å². The summed E-state index contributed by atoms with van der Waals surface area (Å²) < 4.78 is 5.30. The molecule has 5 nitrogen and oxygen atoms in total. The SMILES string of the molecule is N#C/C(=C/c1ccc(OC(=O)c2ccc(Cl)cc2Cl)cc1)C(=O)Nc1ccc(Cl)c(Cl)c1. The molecule has 160 valence electrons. The van der Waals surface area contributed by atoms with E-state index in [0.29, 0.717) is 21.3 Å². The van der Waals surface area contributed by atoms with Crippen molar-refractivity contribution in [3.63, 3.8) is 0 Å². The highest BCUT2D eigenvalue weighted by Gasteiger charge is 2.14. The fraction of sp³-hybridized carbons (Fsp3) is 0. The Kier molecular flexibility index (Phi) is 7.79. The second kappa shape index (κ2) is 10.5. The van der Waals surface area contributed by atoms with Gasteiger partial charge in [-0.25, -0.2) is 4.79 Å². The van der Waals surface area contributed by atoms with Gasteiger partial charge in [0, 0.05) is 10.7 Å². The van der Waals surface area contributed by atoms with Gasteiger partial charge in [0.05, 0.1) is 20.6 Å². The van der Waals surface area contributed by atoms with Crippen molar-refractivity contribution in [2.24, 2.45) is 0 Å². The topological polar surface area (TPSA) is 79.2 Å². The van der Waals surface area contributed by atoms with Crippen LogP contribution in [0, 0.1) is 11.3 Å². The number of nitriles is 1. The van der Waals surface area contributed by atoms with Crippen LogP contribution in [0.4, 0.5) is 5.69 Å². The number of ether oxygens (including phenoxy) is 1. The third kappa shape index (κ3) is 6.03. The molecule has 3 aromatic carbocycles. The Labute approximate surface area is 203 Å². The molecule has 0 unspecified atom stereocenters. The van der Waals surface area contributed by atoms with Crippen molar-refractivity contribution < 1.29 is 14.3 Å². The Hall–Kier alpha value is -3.01. The van der Waals surface area contributed by atoms with Gasteiger partial charge in [-0.05, 0) is 60.2 Å². The van der Waals surface area contributed by atoms with E-state index in [-0.39, 0.29) is 26.9 Å². The molecular formula is C23H12Cl4N2O3. The molecule has 1 amide bonds. The minimum Gasteiger partial charge on any atom is -0.423 e. The van der Waals surface area contributed by atoms with Gasteiger partial charge in [-0.15, -0.1) is 0 Å². The Morgan fingerprint density at radius 2 is 1.59 bits per heavy atom. The van der Waals surface area contributed by atoms with Gasteiger partial charge in [0.1, 0.15) is 17.4 Å². The number of benzene rings is 3. The van der Waals surface area contributed by atoms with Crippen molar-refractivity contribution in [2.45, 2.75) is 0 Å². The fourth-order valence-corrected chi connectivity index (χ4v) is 3.32. The van der Waals surface area contributed by atoms with E-state index in [2.05, 4.69) is 5.32 Å². The minimum absolute atomic E-state index is 0.131. The molecule has 0 atom stereocenters. The third-order valence-electron chi connectivity index (χ3n) is 4.10. The van der Waals surface area contributed by atoms with Crippen LogP contribution in [0.15, 0.2) is 66.2 Å². The standard InChI is InChI=1S/C23H12Cl4N2O3/c24-15-3-7-18(20(26)10-15)23(31)32-17-5-1-13(2-6-17)9-14(12-28)22(30)29-16-4-8-19(25)21(27)11-16/h1-11H,(H,29,30)/b14-9-. The average molecular weight is 506 g/mol. The molecule has 0 fully saturated rings. The number of halogens is 4. The third-order valence-corrected chi connectivity index (χ3v) is 5.38. The van der Waals surface area contributed by atoms with E-state index in [4.69, 9.17) is 51.1 Å². The van der Waals surface area contributed by atoms with Gasteiger partial charge < -0.3 is 10.1 Å². The number of rotatable bonds is 5. The van der Waals surface area contributed by atoms with Crippen molar-refractivity contribution in [3.8, 4) is 11.8 Å². The molecule has 0 heterocycles. The summed E-state index contributed by atoms with van der Waals surface area (Å²) in [6.45, 7) is 0. The Bertz CT molecular complexity index is 1270. The van der Waals surface area contributed by atoms with Gasteiger partial charge in [-0.2, -0.15) is 5.26 Å². The van der Waals surface area contributed by atoms with E-state index in [1.165, 1.54) is 48.5 Å². The summed E-state index contributed by atoms with van der Waals surface area (Å²) in [6, 6.07) is 17.1. The minimum atomic E-state index is -0.645. The molecule has 1 N–H and O–H groups in total. The lowest BCUT2D eigenvalue weighted by molar-refractivity contribution is -0.112. The van der Waals surface area contributed by atoms with E-state index < -0.39 is 11.9 Å². The van der Waals surface area contributed by atoms with Gasteiger partial charge in [0.15, 0.2) is 0 Å². The second-order valence-corrected chi connectivity index (χ2v) is 7.99. The number of amides is 1. The number of hydrogen-bond acceptors (Lipinski definition) is 4. The van der Waals surface area contributed by atoms with E-state index in [1.807, 2.05) is 6.07 Å². The monoisotopic (exact) mass is 504 g/mol. The number of nitrogens with one attached hydrogen (secondary N) is 1. The summed E-state index contributed by atoms with van der Waals surface area (Å²) in [5.74, 6) is -0.996. The molecule has 3 aromatic rings. The summed E-state index contributed by atoms with van der Waals surface area (Å²) in [7, 11) is 0. The average Bonchev–Trinajstić information content (AvgIpc) is 2.75. The Morgan fingerprint density at radius 1 is 0.875 bits per heavy atom. The van der Waals surface area contributed by atoms with Crippen molar-refractivity contribution in [1.29, 1.82) is 5.26 Å². The van der Waals surface area contributed by atoms with E-state index in [1.54, 1.807) is 18.2 Å². The van der Waals surface area contributed by atoms with Gasteiger partial charge in [0.25, 0.3) is 5.91 Å². The Balaban J connectivity index is 1.70. The molecular weight excluding hydrogens is 494 g/mol. The first-order valence-corrected chi connectivity index (χ1v) is 10.4. The van der Waals surface area contributed by atoms with Crippen LogP contribution < -0.4 is 10.1 Å². The number of carbonyl (C=O) groups is 2. The lowest BCUT2D eigenvalue weighted by Gasteiger charge is -2.07. The van der Waals surface area contributed by atoms with Crippen LogP contribution in [0.25, 0.3) is 6.08 Å². The first-order valence-electron chi connectivity index (χ1n) is 8.92. The van der Waals surface area contributed by atoms with Crippen LogP contribution in [-0.2, 0) is 4.79 Å². The summed E-state index contributed by atoms with van der Waals surface area (Å²) in [4.78, 5) is 24.7. The smallest absolute Gasteiger partial charge is 0.345 e. The second-order valence-electron chi connectivity index (χ2n) is 6.34. The zero-order valence-electron chi connectivity index (χ0n) is 16.0. The highest BCUT2D eigenvalue weighted by molar-refractivity contribution is 6.42. The summed E-state index contributed by atoms with van der Waals surface area (Å²) >= 11 is 23.6. The van der Waals surface area contributed by atoms with Crippen LogP contribution in [0.1, 0.15) is 15.9 Å². The predicted octanol–water partition coefficient (Wildman–Crippen LogP) is 7.07. The van der Waals surface area contributed by atoms with Gasteiger partial charge in [0.2, 0.25) is 0 Å². The molecule has 0 aliphatic heterocycles. The molecule has 32 heavy (non-hydrogen) atoms. The number of nitrogens with zero attached hydrogens (tertiary/aromatic N) is 1. The van der Waals surface area contributed by atoms with E-state index in [9.17, 15) is 14.9 Å². The molecule has 0 bridgehead atoms. The molecule has 0 aromatic heterocycles. The van der Waals surface area contributed by atoms with Crippen molar-refractivity contribution in [1.82, 2.24) is 0 Å². The predicted molar refractivity (Wildman–Crippen MR) is 127 cm³/mol. The fourth-order valence-electron chi connectivity index (χ4n) is 2.54. The van der Waals surface area contributed by atoms with Crippen molar-refractivity contribution in [2.75, 3.05) is 5.32 Å². The normalized spacial score (nSPS) is 10.9. The first kappa shape index (κ1) is 23.6. The van der Waals surface area contributed by atoms with E-state index >= 15 is 0 Å². The highest BCUT2D eigenvalue weighted by atomic mass is 35.5. The van der Waals surface area contributed by atoms with Crippen LogP contribution in [0.2, 0.25) is 20.1 Å².